The van der Waals surface area contributed by atoms with Crippen LogP contribution in [0, 0.1) is 11.3 Å². The van der Waals surface area contributed by atoms with Crippen LogP contribution < -0.4 is 9.64 Å². The third kappa shape index (κ3) is 7.91. The number of nitrogens with zero attached hydrogens (tertiary/aromatic N) is 5. The molecule has 6 nitrogen and oxygen atoms in total. The fourth-order valence-electron chi connectivity index (χ4n) is 3.61. The monoisotopic (exact) mass is 521 g/mol. The summed E-state index contributed by atoms with van der Waals surface area (Å²) in [6.45, 7) is 9.06. The molecule has 0 fully saturated rings. The van der Waals surface area contributed by atoms with Crippen LogP contribution in [-0.4, -0.2) is 24.7 Å². The maximum Gasteiger partial charge on any atom is 0.231 e. The summed E-state index contributed by atoms with van der Waals surface area (Å²) in [6, 6.07) is 17.7. The third-order valence-electron chi connectivity index (χ3n) is 5.66. The molecule has 188 valence electrons. The summed E-state index contributed by atoms with van der Waals surface area (Å²) in [4.78, 5) is 7.22. The quantitative estimate of drug-likeness (QED) is 0.128. The number of azo groups is 1. The van der Waals surface area contributed by atoms with Crippen molar-refractivity contribution >= 4 is 51.1 Å². The van der Waals surface area contributed by atoms with Gasteiger partial charge in [-0.1, -0.05) is 49.1 Å². The van der Waals surface area contributed by atoms with Gasteiger partial charge < -0.3 is 9.64 Å². The van der Waals surface area contributed by atoms with Crippen LogP contribution in [-0.2, 0) is 0 Å². The average molecular weight is 522 g/mol. The number of halogens is 1. The van der Waals surface area contributed by atoms with Crippen LogP contribution in [0.1, 0.15) is 56.9 Å². The first-order valence-electron chi connectivity index (χ1n) is 12.4. The van der Waals surface area contributed by atoms with Crippen molar-refractivity contribution in [2.45, 2.75) is 46.5 Å². The van der Waals surface area contributed by atoms with Gasteiger partial charge in [-0.2, -0.15) is 5.26 Å². The van der Waals surface area contributed by atoms with Crippen molar-refractivity contribution in [3.05, 3.63) is 64.1 Å². The summed E-state index contributed by atoms with van der Waals surface area (Å²) in [5.74, 6) is 0.802. The normalized spacial score (nSPS) is 11.6. The summed E-state index contributed by atoms with van der Waals surface area (Å²) in [6.07, 6.45) is 6.39. The average Bonchev–Trinajstić information content (AvgIpc) is 3.26. The van der Waals surface area contributed by atoms with E-state index in [-0.39, 0.29) is 0 Å². The Morgan fingerprint density at radius 3 is 2.39 bits per heavy atom. The number of unbranched alkanes of at least 4 members (excludes halogenated alkanes) is 3. The van der Waals surface area contributed by atoms with Crippen molar-refractivity contribution < 1.29 is 4.74 Å². The van der Waals surface area contributed by atoms with E-state index in [0.29, 0.717) is 27.3 Å². The molecule has 0 unspecified atom stereocenters. The second-order valence-corrected chi connectivity index (χ2v) is 9.51. The van der Waals surface area contributed by atoms with Crippen LogP contribution in [0.4, 0.5) is 16.5 Å². The Morgan fingerprint density at radius 1 is 1.03 bits per heavy atom. The summed E-state index contributed by atoms with van der Waals surface area (Å²) < 4.78 is 5.80. The number of hydrogen-bond donors (Lipinski definition) is 0. The number of nitriles is 1. The molecule has 0 spiro atoms. The van der Waals surface area contributed by atoms with Crippen molar-refractivity contribution in [1.29, 1.82) is 5.26 Å². The summed E-state index contributed by atoms with van der Waals surface area (Å²) in [7, 11) is 0. The molecule has 0 saturated carbocycles. The van der Waals surface area contributed by atoms with E-state index < -0.39 is 0 Å². The van der Waals surface area contributed by atoms with Gasteiger partial charge in [0.15, 0.2) is 0 Å². The molecule has 0 atom stereocenters. The van der Waals surface area contributed by atoms with Crippen LogP contribution in [0.2, 0.25) is 5.15 Å². The lowest BCUT2D eigenvalue weighted by Crippen LogP contribution is -2.21. The molecular weight excluding hydrogens is 490 g/mol. The number of aromatic nitrogens is 1. The first-order valence-corrected chi connectivity index (χ1v) is 13.5. The zero-order valence-electron chi connectivity index (χ0n) is 21.1. The number of allylic oxidation sites excluding steroid dienone is 1. The molecular formula is C28H32ClN5OS. The van der Waals surface area contributed by atoms with Crippen molar-refractivity contribution in [1.82, 2.24) is 4.98 Å². The van der Waals surface area contributed by atoms with E-state index in [0.717, 1.165) is 42.2 Å². The summed E-state index contributed by atoms with van der Waals surface area (Å²) in [5, 5.41) is 19.0. The van der Waals surface area contributed by atoms with Crippen molar-refractivity contribution in [3.63, 3.8) is 0 Å². The predicted octanol–water partition coefficient (Wildman–Crippen LogP) is 9.08. The Kier molecular flexibility index (Phi) is 10.9. The zero-order chi connectivity index (χ0) is 25.8. The first kappa shape index (κ1) is 27.4. The van der Waals surface area contributed by atoms with Crippen LogP contribution in [0.5, 0.6) is 5.75 Å². The Labute approximate surface area is 222 Å². The molecule has 0 radical (unpaired) electrons. The van der Waals surface area contributed by atoms with Crippen LogP contribution in [0.25, 0.3) is 11.6 Å². The van der Waals surface area contributed by atoms with Gasteiger partial charge in [0.2, 0.25) is 5.13 Å². The maximum absolute atomic E-state index is 9.73. The number of hydrogen-bond acceptors (Lipinski definition) is 7. The first-order chi connectivity index (χ1) is 17.6. The SMILES string of the molecule is CCCCCCOc1ccc(/C(C#N)=C/c2sc(/N=N/c3ccc(N(CC)CC)cc3)nc2Cl)cc1. The van der Waals surface area contributed by atoms with E-state index in [1.807, 2.05) is 48.5 Å². The Hall–Kier alpha value is -3.21. The minimum Gasteiger partial charge on any atom is -0.494 e. The minimum absolute atomic E-state index is 0.297. The largest absolute Gasteiger partial charge is 0.494 e. The number of rotatable bonds is 13. The molecule has 0 amide bonds. The fourth-order valence-corrected chi connectivity index (χ4v) is 4.64. The maximum atomic E-state index is 9.73. The fraction of sp³-hybridized carbons (Fsp3) is 0.357. The molecule has 0 saturated heterocycles. The zero-order valence-corrected chi connectivity index (χ0v) is 22.6. The molecule has 3 aromatic rings. The highest BCUT2D eigenvalue weighted by Gasteiger charge is 2.10. The molecule has 0 aliphatic rings. The Morgan fingerprint density at radius 2 is 1.75 bits per heavy atom. The van der Waals surface area contributed by atoms with Gasteiger partial charge in [0.25, 0.3) is 0 Å². The lowest BCUT2D eigenvalue weighted by Gasteiger charge is -2.20. The van der Waals surface area contributed by atoms with Crippen molar-refractivity contribution in [3.8, 4) is 11.8 Å². The van der Waals surface area contributed by atoms with Gasteiger partial charge >= 0.3 is 0 Å². The van der Waals surface area contributed by atoms with Gasteiger partial charge in [-0.3, -0.25) is 0 Å². The smallest absolute Gasteiger partial charge is 0.231 e. The van der Waals surface area contributed by atoms with Crippen LogP contribution in [0.3, 0.4) is 0 Å². The molecule has 8 heteroatoms. The summed E-state index contributed by atoms with van der Waals surface area (Å²) >= 11 is 7.63. The molecule has 1 aromatic heterocycles. The number of anilines is 1. The molecule has 0 bridgehead atoms. The predicted molar refractivity (Wildman–Crippen MR) is 151 cm³/mol. The van der Waals surface area contributed by atoms with Crippen LogP contribution >= 0.6 is 22.9 Å². The molecule has 36 heavy (non-hydrogen) atoms. The highest BCUT2D eigenvalue weighted by Crippen LogP contribution is 2.33. The third-order valence-corrected chi connectivity index (χ3v) is 6.94. The van der Waals surface area contributed by atoms with Crippen molar-refractivity contribution in [2.75, 3.05) is 24.6 Å². The molecule has 0 aliphatic heterocycles. The lowest BCUT2D eigenvalue weighted by molar-refractivity contribution is 0.305. The number of benzene rings is 2. The Balaban J connectivity index is 1.67. The summed E-state index contributed by atoms with van der Waals surface area (Å²) in [5.41, 5.74) is 3.17. The highest BCUT2D eigenvalue weighted by atomic mass is 35.5. The van der Waals surface area contributed by atoms with Gasteiger partial charge in [-0.25, -0.2) is 4.98 Å². The minimum atomic E-state index is 0.297. The van der Waals surface area contributed by atoms with Crippen molar-refractivity contribution in [2.24, 2.45) is 10.2 Å². The second-order valence-electron chi connectivity index (χ2n) is 8.14. The lowest BCUT2D eigenvalue weighted by atomic mass is 10.1. The molecule has 3 rings (SSSR count). The van der Waals surface area contributed by atoms with E-state index in [1.165, 1.54) is 30.6 Å². The highest BCUT2D eigenvalue weighted by molar-refractivity contribution is 7.16. The topological polar surface area (TPSA) is 73.9 Å². The van der Waals surface area contributed by atoms with E-state index in [2.05, 4.69) is 47.0 Å². The van der Waals surface area contributed by atoms with Gasteiger partial charge in [0.1, 0.15) is 10.9 Å². The second kappa shape index (κ2) is 14.4. The van der Waals surface area contributed by atoms with Crippen LogP contribution in [0.15, 0.2) is 58.8 Å². The van der Waals surface area contributed by atoms with E-state index in [4.69, 9.17) is 16.3 Å². The van der Waals surface area contributed by atoms with E-state index in [1.54, 1.807) is 6.08 Å². The standard InChI is InChI=1S/C28H32ClN5OS/c1-4-7-8-9-18-35-25-16-10-21(11-17-25)22(20-30)19-26-27(29)31-28(36-26)33-32-23-12-14-24(15-13-23)34(5-2)6-3/h10-17,19H,4-9,18H2,1-3H3/b22-19+,33-32+. The van der Waals surface area contributed by atoms with E-state index >= 15 is 0 Å². The van der Waals surface area contributed by atoms with Gasteiger partial charge in [-0.05, 0) is 80.4 Å². The number of ether oxygens (including phenoxy) is 1. The number of thiazole rings is 1. The molecule has 0 aliphatic carbocycles. The van der Waals surface area contributed by atoms with Gasteiger partial charge in [0, 0.05) is 18.8 Å². The Bertz CT molecular complexity index is 1190. The molecule has 2 aromatic carbocycles. The van der Waals surface area contributed by atoms with E-state index in [9.17, 15) is 5.26 Å². The van der Waals surface area contributed by atoms with Gasteiger partial charge in [0.05, 0.1) is 28.8 Å². The van der Waals surface area contributed by atoms with Gasteiger partial charge in [-0.15, -0.1) is 10.2 Å². The molecule has 1 heterocycles. The molecule has 0 N–H and O–H groups in total.